The molecule has 9 heteroatoms. The molecule has 34 heavy (non-hydrogen) atoms. The van der Waals surface area contributed by atoms with Gasteiger partial charge < -0.3 is 14.2 Å². The zero-order valence-corrected chi connectivity index (χ0v) is 19.5. The summed E-state index contributed by atoms with van der Waals surface area (Å²) < 4.78 is 16.2. The van der Waals surface area contributed by atoms with Gasteiger partial charge in [-0.3, -0.25) is 10.1 Å². The standard InChI is InChI=1S/C25H21N3O5S/c1-31-20-13-16(14-21(32-2)23(20)33-3)15-26-25-27-22(17-7-5-4-6-8-17)24(34-25)18-9-11-19(12-10-18)28(29)30/h4-15H,1-3H3. The molecule has 3 aromatic carbocycles. The molecular formula is C25H21N3O5S. The summed E-state index contributed by atoms with van der Waals surface area (Å²) in [6.07, 6.45) is 1.68. The van der Waals surface area contributed by atoms with Gasteiger partial charge in [0.1, 0.15) is 0 Å². The lowest BCUT2D eigenvalue weighted by molar-refractivity contribution is -0.384. The number of hydrogen-bond acceptors (Lipinski definition) is 8. The van der Waals surface area contributed by atoms with Gasteiger partial charge in [-0.05, 0) is 29.8 Å². The molecule has 0 saturated heterocycles. The highest BCUT2D eigenvalue weighted by Gasteiger charge is 2.16. The summed E-state index contributed by atoms with van der Waals surface area (Å²) in [5.41, 5.74) is 3.31. The van der Waals surface area contributed by atoms with Gasteiger partial charge in [-0.25, -0.2) is 9.98 Å². The Labute approximate surface area is 200 Å². The van der Waals surface area contributed by atoms with Crippen LogP contribution in [0.25, 0.3) is 21.7 Å². The fourth-order valence-corrected chi connectivity index (χ4v) is 4.33. The molecule has 0 unspecified atom stereocenters. The second-order valence-corrected chi connectivity index (χ2v) is 8.04. The average molecular weight is 476 g/mol. The molecule has 0 aliphatic carbocycles. The maximum absolute atomic E-state index is 11.0. The van der Waals surface area contributed by atoms with E-state index in [1.165, 1.54) is 23.5 Å². The predicted molar refractivity (Wildman–Crippen MR) is 133 cm³/mol. The van der Waals surface area contributed by atoms with Gasteiger partial charge in [-0.1, -0.05) is 41.7 Å². The first-order valence-corrected chi connectivity index (χ1v) is 11.0. The van der Waals surface area contributed by atoms with Gasteiger partial charge in [0, 0.05) is 29.5 Å². The summed E-state index contributed by atoms with van der Waals surface area (Å²) >= 11 is 1.40. The van der Waals surface area contributed by atoms with Crippen LogP contribution in [-0.4, -0.2) is 37.5 Å². The van der Waals surface area contributed by atoms with E-state index < -0.39 is 4.92 Å². The normalized spacial score (nSPS) is 10.9. The van der Waals surface area contributed by atoms with E-state index in [-0.39, 0.29) is 5.69 Å². The number of nitro groups is 1. The molecule has 0 aliphatic heterocycles. The van der Waals surface area contributed by atoms with E-state index in [0.29, 0.717) is 22.4 Å². The van der Waals surface area contributed by atoms with Crippen LogP contribution in [-0.2, 0) is 0 Å². The van der Waals surface area contributed by atoms with Gasteiger partial charge in [0.2, 0.25) is 10.9 Å². The number of aliphatic imine (C=N–C) groups is 1. The molecule has 0 radical (unpaired) electrons. The number of thiazole rings is 1. The second-order valence-electron chi connectivity index (χ2n) is 7.06. The minimum atomic E-state index is -0.415. The smallest absolute Gasteiger partial charge is 0.269 e. The van der Waals surface area contributed by atoms with E-state index in [2.05, 4.69) is 4.99 Å². The molecule has 4 aromatic rings. The number of benzene rings is 3. The predicted octanol–water partition coefficient (Wildman–Crippen LogP) is 6.16. The van der Waals surface area contributed by atoms with Crippen LogP contribution < -0.4 is 14.2 Å². The monoisotopic (exact) mass is 475 g/mol. The zero-order chi connectivity index (χ0) is 24.1. The second kappa shape index (κ2) is 10.1. The van der Waals surface area contributed by atoms with Crippen molar-refractivity contribution in [2.75, 3.05) is 21.3 Å². The van der Waals surface area contributed by atoms with Gasteiger partial charge in [0.05, 0.1) is 36.8 Å². The molecule has 0 saturated carbocycles. The Morgan fingerprint density at radius 2 is 1.56 bits per heavy atom. The molecule has 0 atom stereocenters. The van der Waals surface area contributed by atoms with Crippen LogP contribution in [0.2, 0.25) is 0 Å². The number of nitrogens with zero attached hydrogens (tertiary/aromatic N) is 3. The molecule has 172 valence electrons. The third kappa shape index (κ3) is 4.74. The first-order chi connectivity index (χ1) is 16.5. The number of non-ortho nitro benzene ring substituents is 1. The summed E-state index contributed by atoms with van der Waals surface area (Å²) in [6, 6.07) is 19.8. The lowest BCUT2D eigenvalue weighted by Gasteiger charge is -2.12. The number of rotatable bonds is 8. The van der Waals surface area contributed by atoms with Crippen LogP contribution in [0.5, 0.6) is 17.2 Å². The van der Waals surface area contributed by atoms with Crippen molar-refractivity contribution in [1.82, 2.24) is 4.98 Å². The number of ether oxygens (including phenoxy) is 3. The summed E-state index contributed by atoms with van der Waals surface area (Å²) in [6.45, 7) is 0. The van der Waals surface area contributed by atoms with E-state index in [0.717, 1.165) is 27.3 Å². The van der Waals surface area contributed by atoms with Crippen LogP contribution in [0.1, 0.15) is 5.56 Å². The van der Waals surface area contributed by atoms with E-state index in [1.807, 2.05) is 30.3 Å². The van der Waals surface area contributed by atoms with E-state index in [1.54, 1.807) is 51.8 Å². The number of methoxy groups -OCH3 is 3. The van der Waals surface area contributed by atoms with Crippen LogP contribution in [0, 0.1) is 10.1 Å². The van der Waals surface area contributed by atoms with Gasteiger partial charge in [-0.2, -0.15) is 0 Å². The van der Waals surface area contributed by atoms with Crippen LogP contribution in [0.3, 0.4) is 0 Å². The van der Waals surface area contributed by atoms with Crippen molar-refractivity contribution in [2.24, 2.45) is 4.99 Å². The Bertz CT molecular complexity index is 1310. The van der Waals surface area contributed by atoms with Crippen molar-refractivity contribution in [1.29, 1.82) is 0 Å². The molecule has 1 aromatic heterocycles. The fourth-order valence-electron chi connectivity index (χ4n) is 3.39. The maximum atomic E-state index is 11.0. The van der Waals surface area contributed by atoms with Crippen LogP contribution in [0.4, 0.5) is 10.8 Å². The maximum Gasteiger partial charge on any atom is 0.269 e. The van der Waals surface area contributed by atoms with Crippen molar-refractivity contribution >= 4 is 28.4 Å². The Hall–Kier alpha value is -4.24. The van der Waals surface area contributed by atoms with Crippen molar-refractivity contribution in [3.05, 3.63) is 82.4 Å². The van der Waals surface area contributed by atoms with Gasteiger partial charge in [0.15, 0.2) is 11.5 Å². The molecular weight excluding hydrogens is 454 g/mol. The first-order valence-electron chi connectivity index (χ1n) is 10.2. The van der Waals surface area contributed by atoms with Crippen LogP contribution in [0.15, 0.2) is 71.7 Å². The van der Waals surface area contributed by atoms with E-state index >= 15 is 0 Å². The lowest BCUT2D eigenvalue weighted by Crippen LogP contribution is -1.96. The molecule has 0 fully saturated rings. The highest BCUT2D eigenvalue weighted by molar-refractivity contribution is 7.19. The van der Waals surface area contributed by atoms with Crippen molar-refractivity contribution in [2.45, 2.75) is 0 Å². The highest BCUT2D eigenvalue weighted by Crippen LogP contribution is 2.41. The average Bonchev–Trinajstić information content (AvgIpc) is 3.31. The Morgan fingerprint density at radius 3 is 2.12 bits per heavy atom. The van der Waals surface area contributed by atoms with Crippen molar-refractivity contribution < 1.29 is 19.1 Å². The Morgan fingerprint density at radius 1 is 0.912 bits per heavy atom. The number of aromatic nitrogens is 1. The molecule has 0 spiro atoms. The summed E-state index contributed by atoms with van der Waals surface area (Å²) in [5, 5.41) is 11.6. The summed E-state index contributed by atoms with van der Waals surface area (Å²) in [7, 11) is 4.66. The third-order valence-corrected chi connectivity index (χ3v) is 6.03. The number of hydrogen-bond donors (Lipinski definition) is 0. The topological polar surface area (TPSA) is 96.1 Å². The first kappa shape index (κ1) is 22.9. The quantitative estimate of drug-likeness (QED) is 0.172. The fraction of sp³-hybridized carbons (Fsp3) is 0.120. The van der Waals surface area contributed by atoms with Crippen LogP contribution >= 0.6 is 11.3 Å². The Kier molecular flexibility index (Phi) is 6.84. The number of nitro benzene ring substituents is 1. The third-order valence-electron chi connectivity index (χ3n) is 5.01. The molecule has 0 N–H and O–H groups in total. The van der Waals surface area contributed by atoms with E-state index in [4.69, 9.17) is 19.2 Å². The van der Waals surface area contributed by atoms with Gasteiger partial charge in [0.25, 0.3) is 5.69 Å². The zero-order valence-electron chi connectivity index (χ0n) is 18.7. The minimum Gasteiger partial charge on any atom is -0.493 e. The largest absolute Gasteiger partial charge is 0.493 e. The highest BCUT2D eigenvalue weighted by atomic mass is 32.1. The SMILES string of the molecule is COc1cc(C=Nc2nc(-c3ccccc3)c(-c3ccc([N+](=O)[O-])cc3)s2)cc(OC)c1OC. The van der Waals surface area contributed by atoms with Gasteiger partial charge in [-0.15, -0.1) is 0 Å². The molecule has 1 heterocycles. The van der Waals surface area contributed by atoms with Crippen molar-refractivity contribution in [3.8, 4) is 38.9 Å². The molecule has 0 aliphatic rings. The molecule has 8 nitrogen and oxygen atoms in total. The van der Waals surface area contributed by atoms with Gasteiger partial charge >= 0.3 is 0 Å². The summed E-state index contributed by atoms with van der Waals surface area (Å²) in [4.78, 5) is 20.8. The molecule has 0 amide bonds. The minimum absolute atomic E-state index is 0.0372. The summed E-state index contributed by atoms with van der Waals surface area (Å²) in [5.74, 6) is 1.56. The lowest BCUT2D eigenvalue weighted by atomic mass is 10.1. The van der Waals surface area contributed by atoms with Crippen molar-refractivity contribution in [3.63, 3.8) is 0 Å². The Balaban J connectivity index is 1.75. The molecule has 0 bridgehead atoms. The van der Waals surface area contributed by atoms with E-state index in [9.17, 15) is 10.1 Å². The molecule has 4 rings (SSSR count).